The Kier molecular flexibility index (Phi) is 4.78. The van der Waals surface area contributed by atoms with E-state index in [9.17, 15) is 9.59 Å². The lowest BCUT2D eigenvalue weighted by atomic mass is 9.94. The predicted molar refractivity (Wildman–Crippen MR) is 95.2 cm³/mol. The molecule has 1 aromatic rings. The minimum atomic E-state index is -0.389. The SMILES string of the molecule is CC(CN)(NC(=O)C1CC(=O)N(c2cc(Cl)cc(Cl)c2)C1)C1CC1. The molecule has 130 valence electrons. The van der Waals surface area contributed by atoms with Crippen LogP contribution >= 0.6 is 23.2 Å². The zero-order valence-electron chi connectivity index (χ0n) is 13.5. The van der Waals surface area contributed by atoms with Gasteiger partial charge in [0.05, 0.1) is 11.5 Å². The van der Waals surface area contributed by atoms with Crippen LogP contribution in [-0.2, 0) is 9.59 Å². The molecular weight excluding hydrogens is 349 g/mol. The molecule has 7 heteroatoms. The molecule has 0 radical (unpaired) electrons. The number of halogens is 2. The third-order valence-electron chi connectivity index (χ3n) is 4.97. The monoisotopic (exact) mass is 369 g/mol. The number of nitrogens with two attached hydrogens (primary N) is 1. The van der Waals surface area contributed by atoms with Gasteiger partial charge < -0.3 is 16.0 Å². The summed E-state index contributed by atoms with van der Waals surface area (Å²) in [6.07, 6.45) is 2.36. The first-order valence-corrected chi connectivity index (χ1v) is 8.86. The topological polar surface area (TPSA) is 75.4 Å². The van der Waals surface area contributed by atoms with Gasteiger partial charge in [-0.1, -0.05) is 23.2 Å². The zero-order chi connectivity index (χ0) is 17.5. The van der Waals surface area contributed by atoms with E-state index in [-0.39, 0.29) is 29.7 Å². The van der Waals surface area contributed by atoms with Crippen molar-refractivity contribution in [3.63, 3.8) is 0 Å². The summed E-state index contributed by atoms with van der Waals surface area (Å²) < 4.78 is 0. The van der Waals surface area contributed by atoms with Crippen LogP contribution in [0.15, 0.2) is 18.2 Å². The maximum absolute atomic E-state index is 12.6. The fourth-order valence-electron chi connectivity index (χ4n) is 3.25. The highest BCUT2D eigenvalue weighted by Crippen LogP contribution is 2.39. The second-order valence-electron chi connectivity index (χ2n) is 6.92. The molecule has 2 unspecified atom stereocenters. The van der Waals surface area contributed by atoms with Crippen LogP contribution in [0.25, 0.3) is 0 Å². The van der Waals surface area contributed by atoms with Gasteiger partial charge in [-0.25, -0.2) is 0 Å². The molecule has 1 aliphatic carbocycles. The van der Waals surface area contributed by atoms with Crippen molar-refractivity contribution in [2.45, 2.75) is 31.7 Å². The fourth-order valence-corrected chi connectivity index (χ4v) is 3.77. The largest absolute Gasteiger partial charge is 0.349 e. The van der Waals surface area contributed by atoms with Gasteiger partial charge in [-0.15, -0.1) is 0 Å². The Morgan fingerprint density at radius 3 is 2.50 bits per heavy atom. The molecule has 3 rings (SSSR count). The van der Waals surface area contributed by atoms with Crippen LogP contribution < -0.4 is 16.0 Å². The van der Waals surface area contributed by atoms with E-state index < -0.39 is 0 Å². The van der Waals surface area contributed by atoms with Gasteiger partial charge in [0.15, 0.2) is 0 Å². The fraction of sp³-hybridized carbons (Fsp3) is 0.529. The van der Waals surface area contributed by atoms with Crippen LogP contribution in [0.2, 0.25) is 10.0 Å². The molecule has 0 spiro atoms. The molecule has 5 nitrogen and oxygen atoms in total. The number of nitrogens with one attached hydrogen (secondary N) is 1. The second kappa shape index (κ2) is 6.54. The highest BCUT2D eigenvalue weighted by molar-refractivity contribution is 6.35. The van der Waals surface area contributed by atoms with Crippen molar-refractivity contribution in [3.05, 3.63) is 28.2 Å². The Balaban J connectivity index is 1.71. The molecule has 1 heterocycles. The van der Waals surface area contributed by atoms with Gasteiger partial charge in [-0.2, -0.15) is 0 Å². The maximum atomic E-state index is 12.6. The molecular formula is C17H21Cl2N3O2. The van der Waals surface area contributed by atoms with E-state index in [2.05, 4.69) is 5.32 Å². The third kappa shape index (κ3) is 3.53. The third-order valence-corrected chi connectivity index (χ3v) is 5.40. The number of hydrogen-bond acceptors (Lipinski definition) is 3. The number of amides is 2. The van der Waals surface area contributed by atoms with E-state index in [1.807, 2.05) is 6.92 Å². The van der Waals surface area contributed by atoms with Gasteiger partial charge in [0.2, 0.25) is 11.8 Å². The number of anilines is 1. The van der Waals surface area contributed by atoms with Crippen molar-refractivity contribution < 1.29 is 9.59 Å². The Labute approximate surface area is 151 Å². The van der Waals surface area contributed by atoms with Crippen molar-refractivity contribution in [3.8, 4) is 0 Å². The number of hydrogen-bond donors (Lipinski definition) is 2. The minimum absolute atomic E-state index is 0.102. The van der Waals surface area contributed by atoms with Crippen LogP contribution in [0.4, 0.5) is 5.69 Å². The second-order valence-corrected chi connectivity index (χ2v) is 7.79. The molecule has 0 aromatic heterocycles. The summed E-state index contributed by atoms with van der Waals surface area (Å²) in [5.41, 5.74) is 6.09. The summed E-state index contributed by atoms with van der Waals surface area (Å²) >= 11 is 12.0. The molecule has 2 amide bonds. The molecule has 1 saturated carbocycles. The van der Waals surface area contributed by atoms with Crippen LogP contribution in [0.1, 0.15) is 26.2 Å². The maximum Gasteiger partial charge on any atom is 0.227 e. The molecule has 1 aromatic carbocycles. The zero-order valence-corrected chi connectivity index (χ0v) is 15.0. The molecule has 2 atom stereocenters. The van der Waals surface area contributed by atoms with Crippen LogP contribution in [0.5, 0.6) is 0 Å². The highest BCUT2D eigenvalue weighted by atomic mass is 35.5. The van der Waals surface area contributed by atoms with Crippen LogP contribution in [0.3, 0.4) is 0 Å². The predicted octanol–water partition coefficient (Wildman–Crippen LogP) is 2.59. The lowest BCUT2D eigenvalue weighted by Gasteiger charge is -2.30. The van der Waals surface area contributed by atoms with Crippen molar-refractivity contribution in [2.24, 2.45) is 17.6 Å². The Hall–Kier alpha value is -1.30. The van der Waals surface area contributed by atoms with E-state index in [4.69, 9.17) is 28.9 Å². The normalized spacial score (nSPS) is 23.2. The summed E-state index contributed by atoms with van der Waals surface area (Å²) in [4.78, 5) is 26.5. The minimum Gasteiger partial charge on any atom is -0.349 e. The summed E-state index contributed by atoms with van der Waals surface area (Å²) in [6, 6.07) is 4.97. The Morgan fingerprint density at radius 2 is 1.96 bits per heavy atom. The number of carbonyl (C=O) groups excluding carboxylic acids is 2. The molecule has 1 aliphatic heterocycles. The van der Waals surface area contributed by atoms with Gasteiger partial charge in [-0.05, 0) is 43.9 Å². The number of rotatable bonds is 5. The highest BCUT2D eigenvalue weighted by Gasteiger charge is 2.44. The summed E-state index contributed by atoms with van der Waals surface area (Å²) in [7, 11) is 0. The van der Waals surface area contributed by atoms with Gasteiger partial charge in [-0.3, -0.25) is 9.59 Å². The molecule has 0 bridgehead atoms. The van der Waals surface area contributed by atoms with Gasteiger partial charge >= 0.3 is 0 Å². The summed E-state index contributed by atoms with van der Waals surface area (Å²) in [6.45, 7) is 2.71. The van der Waals surface area contributed by atoms with Crippen molar-refractivity contribution >= 4 is 40.7 Å². The Morgan fingerprint density at radius 1 is 1.33 bits per heavy atom. The molecule has 3 N–H and O–H groups in total. The quantitative estimate of drug-likeness (QED) is 0.837. The first-order chi connectivity index (χ1) is 11.3. The van der Waals surface area contributed by atoms with Crippen LogP contribution in [0, 0.1) is 11.8 Å². The summed E-state index contributed by atoms with van der Waals surface area (Å²) in [5.74, 6) is -0.167. The number of nitrogens with zero attached hydrogens (tertiary/aromatic N) is 1. The van der Waals surface area contributed by atoms with Gasteiger partial charge in [0.25, 0.3) is 0 Å². The smallest absolute Gasteiger partial charge is 0.227 e. The van der Waals surface area contributed by atoms with E-state index in [1.54, 1.807) is 23.1 Å². The van der Waals surface area contributed by atoms with E-state index in [1.165, 1.54) is 0 Å². The Bertz CT molecular complexity index is 658. The number of benzene rings is 1. The molecule has 2 aliphatic rings. The standard InChI is InChI=1S/C17H21Cl2N3O2/c1-17(9-20,11-2-3-11)21-16(24)10-4-15(23)22(8-10)14-6-12(18)5-13(19)7-14/h5-7,10-11H,2-4,8-9,20H2,1H3,(H,21,24). The first kappa shape index (κ1) is 17.5. The lowest BCUT2D eigenvalue weighted by Crippen LogP contribution is -2.54. The van der Waals surface area contributed by atoms with Gasteiger partial charge in [0.1, 0.15) is 0 Å². The molecule has 1 saturated heterocycles. The molecule has 2 fully saturated rings. The van der Waals surface area contributed by atoms with E-state index >= 15 is 0 Å². The number of carbonyl (C=O) groups is 2. The molecule has 24 heavy (non-hydrogen) atoms. The van der Waals surface area contributed by atoms with Crippen molar-refractivity contribution in [2.75, 3.05) is 18.0 Å². The first-order valence-electron chi connectivity index (χ1n) is 8.11. The average molecular weight is 370 g/mol. The van der Waals surface area contributed by atoms with Crippen LogP contribution in [-0.4, -0.2) is 30.4 Å². The average Bonchev–Trinajstić information content (AvgIpc) is 3.29. The van der Waals surface area contributed by atoms with Gasteiger partial charge in [0, 0.05) is 35.2 Å². The van der Waals surface area contributed by atoms with Crippen molar-refractivity contribution in [1.29, 1.82) is 0 Å². The van der Waals surface area contributed by atoms with E-state index in [0.29, 0.717) is 34.7 Å². The lowest BCUT2D eigenvalue weighted by molar-refractivity contribution is -0.128. The summed E-state index contributed by atoms with van der Waals surface area (Å²) in [5, 5.41) is 3.99. The van der Waals surface area contributed by atoms with Crippen molar-refractivity contribution in [1.82, 2.24) is 5.32 Å². The van der Waals surface area contributed by atoms with E-state index in [0.717, 1.165) is 12.8 Å².